The molecule has 3 heterocycles. The van der Waals surface area contributed by atoms with Crippen LogP contribution in [0.1, 0.15) is 62.5 Å². The van der Waals surface area contributed by atoms with Crippen LogP contribution in [-0.2, 0) is 5.54 Å². The van der Waals surface area contributed by atoms with Crippen LogP contribution in [0.5, 0.6) is 0 Å². The van der Waals surface area contributed by atoms with Crippen LogP contribution in [0, 0.1) is 31.6 Å². The van der Waals surface area contributed by atoms with E-state index in [1.165, 1.54) is 43.4 Å². The molecule has 0 radical (unpaired) electrons. The Hall–Kier alpha value is -3.71. The van der Waals surface area contributed by atoms with E-state index >= 15 is 0 Å². The number of anilines is 3. The molecule has 4 saturated carbocycles. The lowest BCUT2D eigenvalue weighted by Crippen LogP contribution is -2.55. The third kappa shape index (κ3) is 4.95. The molecule has 7 heteroatoms. The number of hydrogen-bond donors (Lipinski definition) is 1. The van der Waals surface area contributed by atoms with E-state index in [1.54, 1.807) is 0 Å². The van der Waals surface area contributed by atoms with Crippen LogP contribution in [0.2, 0.25) is 0 Å². The van der Waals surface area contributed by atoms with Crippen LogP contribution in [0.15, 0.2) is 59.5 Å². The van der Waals surface area contributed by atoms with Crippen LogP contribution < -0.4 is 15.8 Å². The molecule has 0 amide bonds. The molecule has 2 aromatic carbocycles. The molecule has 7 nitrogen and oxygen atoms in total. The summed E-state index contributed by atoms with van der Waals surface area (Å²) in [6.45, 7) is 6.42. The maximum atomic E-state index is 14.8. The van der Waals surface area contributed by atoms with Crippen molar-refractivity contribution in [3.8, 4) is 11.1 Å². The van der Waals surface area contributed by atoms with Crippen LogP contribution in [0.4, 0.5) is 17.3 Å². The number of hydrogen-bond acceptors (Lipinski definition) is 6. The quantitative estimate of drug-likeness (QED) is 0.250. The summed E-state index contributed by atoms with van der Waals surface area (Å²) < 4.78 is 2.15. The average molecular weight is 603 g/mol. The third-order valence-electron chi connectivity index (χ3n) is 11.7. The lowest BCUT2D eigenvalue weighted by atomic mass is 9.53. The molecule has 0 atom stereocenters. The van der Waals surface area contributed by atoms with Gasteiger partial charge in [0.15, 0.2) is 0 Å². The number of piperidine rings is 1. The van der Waals surface area contributed by atoms with Gasteiger partial charge in [0.05, 0.1) is 11.1 Å². The fourth-order valence-corrected chi connectivity index (χ4v) is 9.94. The van der Waals surface area contributed by atoms with E-state index in [0.717, 1.165) is 65.8 Å². The molecule has 45 heavy (non-hydrogen) atoms. The van der Waals surface area contributed by atoms with E-state index in [4.69, 9.17) is 9.97 Å². The zero-order valence-electron chi connectivity index (χ0n) is 27.2. The molecule has 4 aromatic rings. The summed E-state index contributed by atoms with van der Waals surface area (Å²) >= 11 is 0. The Bertz CT molecular complexity index is 1770. The Balaban J connectivity index is 1.18. The largest absolute Gasteiger partial charge is 0.371 e. The molecule has 5 aliphatic rings. The predicted octanol–water partition coefficient (Wildman–Crippen LogP) is 7.27. The Morgan fingerprint density at radius 2 is 1.58 bits per heavy atom. The summed E-state index contributed by atoms with van der Waals surface area (Å²) in [5.74, 6) is 2.70. The maximum absolute atomic E-state index is 14.8. The molecule has 2 aromatic heterocycles. The number of pyridine rings is 1. The molecule has 0 unspecified atom stereocenters. The van der Waals surface area contributed by atoms with Crippen molar-refractivity contribution in [2.24, 2.45) is 17.8 Å². The first kappa shape index (κ1) is 28.7. The Morgan fingerprint density at radius 3 is 2.20 bits per heavy atom. The zero-order valence-corrected chi connectivity index (χ0v) is 27.2. The van der Waals surface area contributed by atoms with Crippen LogP contribution in [-0.4, -0.2) is 52.7 Å². The van der Waals surface area contributed by atoms with Crippen molar-refractivity contribution in [2.75, 3.05) is 37.4 Å². The normalized spacial score (nSPS) is 26.2. The third-order valence-corrected chi connectivity index (χ3v) is 11.7. The molecular formula is C38H46N6O. The monoisotopic (exact) mass is 602 g/mol. The number of nitrogens with one attached hydrogen (secondary N) is 1. The molecule has 4 aliphatic carbocycles. The number of nitrogens with zero attached hydrogens (tertiary/aromatic N) is 5. The van der Waals surface area contributed by atoms with Crippen molar-refractivity contribution in [1.82, 2.24) is 19.4 Å². The summed E-state index contributed by atoms with van der Waals surface area (Å²) in [7, 11) is 4.37. The zero-order chi connectivity index (χ0) is 30.9. The highest BCUT2D eigenvalue weighted by Crippen LogP contribution is 2.59. The van der Waals surface area contributed by atoms with Gasteiger partial charge in [-0.3, -0.25) is 9.36 Å². The summed E-state index contributed by atoms with van der Waals surface area (Å²) in [4.78, 5) is 29.6. The van der Waals surface area contributed by atoms with Crippen LogP contribution in [0.25, 0.3) is 22.2 Å². The summed E-state index contributed by atoms with van der Waals surface area (Å²) in [6.07, 6.45) is 11.6. The van der Waals surface area contributed by atoms with Crippen molar-refractivity contribution in [3.63, 3.8) is 0 Å². The highest BCUT2D eigenvalue weighted by molar-refractivity contribution is 5.87. The first-order valence-electron chi connectivity index (χ1n) is 17.1. The Labute approximate surface area is 266 Å². The van der Waals surface area contributed by atoms with Gasteiger partial charge in [-0.2, -0.15) is 4.98 Å². The van der Waals surface area contributed by atoms with Gasteiger partial charge in [-0.25, -0.2) is 4.98 Å². The Morgan fingerprint density at radius 1 is 0.911 bits per heavy atom. The van der Waals surface area contributed by atoms with Gasteiger partial charge in [0.2, 0.25) is 5.95 Å². The Kier molecular flexibility index (Phi) is 7.01. The lowest BCUT2D eigenvalue weighted by Gasteiger charge is -2.57. The second-order valence-electron chi connectivity index (χ2n) is 14.9. The number of fused-ring (bicyclic) bond motifs is 1. The topological polar surface area (TPSA) is 66.3 Å². The van der Waals surface area contributed by atoms with Gasteiger partial charge >= 0.3 is 0 Å². The molecule has 9 rings (SSSR count). The van der Waals surface area contributed by atoms with Gasteiger partial charge in [0.1, 0.15) is 5.65 Å². The second-order valence-corrected chi connectivity index (χ2v) is 14.9. The lowest BCUT2D eigenvalue weighted by molar-refractivity contribution is -0.0426. The smallest absolute Gasteiger partial charge is 0.260 e. The average Bonchev–Trinajstić information content (AvgIpc) is 3.01. The van der Waals surface area contributed by atoms with Crippen LogP contribution >= 0.6 is 0 Å². The van der Waals surface area contributed by atoms with Crippen molar-refractivity contribution in [3.05, 3.63) is 76.2 Å². The standard InChI is InChI=1S/C38H46N6O/c1-24-16-30(10-11-33(24)43-14-12-31(13-15-43)42(3)4)40-37-39-23-32-25(2)34(29-8-6-5-7-9-29)36(45)44(35(32)41-37)38-20-26-17-27(21-38)19-28(18-26)22-38/h5-11,16,23,26-28,31H,12-15,17-22H2,1-4H3,(H,39,40,41). The van der Waals surface area contributed by atoms with E-state index in [9.17, 15) is 4.79 Å². The fraction of sp³-hybridized carbons (Fsp3) is 0.500. The molecule has 234 valence electrons. The molecule has 5 fully saturated rings. The molecule has 4 bridgehead atoms. The highest BCUT2D eigenvalue weighted by atomic mass is 16.1. The first-order valence-corrected chi connectivity index (χ1v) is 17.1. The van der Waals surface area contributed by atoms with Gasteiger partial charge in [0.25, 0.3) is 5.56 Å². The highest BCUT2D eigenvalue weighted by Gasteiger charge is 2.53. The molecule has 1 aliphatic heterocycles. The number of aryl methyl sites for hydroxylation is 2. The minimum Gasteiger partial charge on any atom is -0.371 e. The minimum atomic E-state index is -0.162. The van der Waals surface area contributed by atoms with E-state index < -0.39 is 0 Å². The van der Waals surface area contributed by atoms with Crippen molar-refractivity contribution in [1.29, 1.82) is 0 Å². The predicted molar refractivity (Wildman–Crippen MR) is 184 cm³/mol. The number of benzene rings is 2. The fourth-order valence-electron chi connectivity index (χ4n) is 9.94. The first-order chi connectivity index (χ1) is 21.8. The molecular weight excluding hydrogens is 556 g/mol. The van der Waals surface area contributed by atoms with E-state index in [0.29, 0.717) is 29.7 Å². The van der Waals surface area contributed by atoms with Crippen molar-refractivity contribution in [2.45, 2.75) is 76.8 Å². The van der Waals surface area contributed by atoms with E-state index in [1.807, 2.05) is 24.4 Å². The molecule has 1 N–H and O–H groups in total. The van der Waals surface area contributed by atoms with Gasteiger partial charge in [-0.15, -0.1) is 0 Å². The minimum absolute atomic E-state index is 0.107. The molecule has 0 spiro atoms. The second kappa shape index (κ2) is 11.0. The van der Waals surface area contributed by atoms with Gasteiger partial charge < -0.3 is 15.1 Å². The summed E-state index contributed by atoms with van der Waals surface area (Å²) in [5.41, 5.74) is 6.99. The van der Waals surface area contributed by atoms with Crippen molar-refractivity contribution < 1.29 is 0 Å². The summed E-state index contributed by atoms with van der Waals surface area (Å²) in [5, 5.41) is 4.49. The van der Waals surface area contributed by atoms with Gasteiger partial charge in [-0.1, -0.05) is 30.3 Å². The van der Waals surface area contributed by atoms with E-state index in [2.05, 4.69) is 78.0 Å². The van der Waals surface area contributed by atoms with Crippen LogP contribution in [0.3, 0.4) is 0 Å². The van der Waals surface area contributed by atoms with Gasteiger partial charge in [0, 0.05) is 42.1 Å². The van der Waals surface area contributed by atoms with Gasteiger partial charge in [-0.05, 0) is 132 Å². The van der Waals surface area contributed by atoms with E-state index in [-0.39, 0.29) is 11.1 Å². The number of aromatic nitrogens is 3. The maximum Gasteiger partial charge on any atom is 0.260 e. The number of rotatable bonds is 6. The molecule has 1 saturated heterocycles. The van der Waals surface area contributed by atoms with Crippen molar-refractivity contribution >= 4 is 28.4 Å². The summed E-state index contributed by atoms with van der Waals surface area (Å²) in [6, 6.07) is 17.4. The SMILES string of the molecule is Cc1cc(Nc2ncc3c(C)c(-c4ccccc4)c(=O)n(C45CC6CC(CC(C6)C4)C5)c3n2)ccc1N1CCC(N(C)C)CC1.